The number of benzene rings is 1. The first kappa shape index (κ1) is 12.7. The molecular weight excluding hydrogens is 266 g/mol. The summed E-state index contributed by atoms with van der Waals surface area (Å²) in [6.45, 7) is 0.950. The lowest BCUT2D eigenvalue weighted by atomic mass is 10.3. The molecular formula is C13H17NO4S. The SMILES string of the molecule is O=S(=O)(NC1CCCC1)c1ccc2c(c1)OCCO2. The predicted molar refractivity (Wildman–Crippen MR) is 70.0 cm³/mol. The van der Waals surface area contributed by atoms with Gasteiger partial charge in [-0.15, -0.1) is 0 Å². The largest absolute Gasteiger partial charge is 0.486 e. The molecule has 0 saturated heterocycles. The summed E-state index contributed by atoms with van der Waals surface area (Å²) in [6, 6.07) is 4.81. The van der Waals surface area contributed by atoms with Gasteiger partial charge in [0, 0.05) is 12.1 Å². The number of ether oxygens (including phenoxy) is 2. The van der Waals surface area contributed by atoms with Crippen molar-refractivity contribution >= 4 is 10.0 Å². The minimum absolute atomic E-state index is 0.0678. The van der Waals surface area contributed by atoms with Gasteiger partial charge in [0.25, 0.3) is 0 Å². The molecule has 0 radical (unpaired) electrons. The van der Waals surface area contributed by atoms with E-state index in [1.807, 2.05) is 0 Å². The Morgan fingerprint density at radius 2 is 1.74 bits per heavy atom. The summed E-state index contributed by atoms with van der Waals surface area (Å²) in [7, 11) is -3.46. The fourth-order valence-electron chi connectivity index (χ4n) is 2.52. The number of fused-ring (bicyclic) bond motifs is 1. The molecule has 6 heteroatoms. The van der Waals surface area contributed by atoms with E-state index in [-0.39, 0.29) is 10.9 Å². The lowest BCUT2D eigenvalue weighted by Gasteiger charge is -2.19. The fraction of sp³-hybridized carbons (Fsp3) is 0.538. The van der Waals surface area contributed by atoms with Crippen molar-refractivity contribution in [2.24, 2.45) is 0 Å². The second kappa shape index (κ2) is 5.02. The molecule has 3 rings (SSSR count). The molecule has 0 spiro atoms. The molecule has 0 bridgehead atoms. The molecule has 5 nitrogen and oxygen atoms in total. The molecule has 1 aliphatic carbocycles. The minimum Gasteiger partial charge on any atom is -0.486 e. The highest BCUT2D eigenvalue weighted by Gasteiger charge is 2.24. The van der Waals surface area contributed by atoms with Gasteiger partial charge in [0.1, 0.15) is 13.2 Å². The van der Waals surface area contributed by atoms with Gasteiger partial charge < -0.3 is 9.47 Å². The maximum atomic E-state index is 12.3. The summed E-state index contributed by atoms with van der Waals surface area (Å²) < 4.78 is 38.1. The molecule has 19 heavy (non-hydrogen) atoms. The van der Waals surface area contributed by atoms with Crippen LogP contribution < -0.4 is 14.2 Å². The Kier molecular flexibility index (Phi) is 3.36. The van der Waals surface area contributed by atoms with Crippen molar-refractivity contribution in [1.29, 1.82) is 0 Å². The molecule has 1 aromatic carbocycles. The van der Waals surface area contributed by atoms with E-state index >= 15 is 0 Å². The summed E-state index contributed by atoms with van der Waals surface area (Å²) in [4.78, 5) is 0.239. The molecule has 1 saturated carbocycles. The average Bonchev–Trinajstić information content (AvgIpc) is 2.90. The van der Waals surface area contributed by atoms with Crippen LogP contribution in [0.4, 0.5) is 0 Å². The van der Waals surface area contributed by atoms with Crippen molar-refractivity contribution in [3.8, 4) is 11.5 Å². The van der Waals surface area contributed by atoms with Crippen LogP contribution in [0.5, 0.6) is 11.5 Å². The first-order valence-electron chi connectivity index (χ1n) is 6.57. The third-order valence-corrected chi connectivity index (χ3v) is 5.02. The molecule has 104 valence electrons. The second-order valence-corrected chi connectivity index (χ2v) is 6.62. The van der Waals surface area contributed by atoms with E-state index in [0.29, 0.717) is 24.7 Å². The highest BCUT2D eigenvalue weighted by atomic mass is 32.2. The molecule has 0 aromatic heterocycles. The predicted octanol–water partition coefficient (Wildman–Crippen LogP) is 1.68. The maximum absolute atomic E-state index is 12.3. The number of sulfonamides is 1. The molecule has 1 aromatic rings. The van der Waals surface area contributed by atoms with Gasteiger partial charge in [0.15, 0.2) is 11.5 Å². The molecule has 0 unspecified atom stereocenters. The summed E-state index contributed by atoms with van der Waals surface area (Å²) in [5.41, 5.74) is 0. The van der Waals surface area contributed by atoms with Crippen molar-refractivity contribution in [2.45, 2.75) is 36.6 Å². The van der Waals surface area contributed by atoms with Gasteiger partial charge in [0.05, 0.1) is 4.90 Å². The van der Waals surface area contributed by atoms with Gasteiger partial charge in [-0.25, -0.2) is 13.1 Å². The smallest absolute Gasteiger partial charge is 0.240 e. The average molecular weight is 283 g/mol. The monoisotopic (exact) mass is 283 g/mol. The normalized spacial score (nSPS) is 19.6. The van der Waals surface area contributed by atoms with Gasteiger partial charge in [0.2, 0.25) is 10.0 Å². The van der Waals surface area contributed by atoms with E-state index in [0.717, 1.165) is 25.7 Å². The Labute approximate surface area is 113 Å². The third kappa shape index (κ3) is 2.69. The lowest BCUT2D eigenvalue weighted by molar-refractivity contribution is 0.171. The zero-order valence-corrected chi connectivity index (χ0v) is 11.4. The molecule has 1 N–H and O–H groups in total. The van der Waals surface area contributed by atoms with Crippen LogP contribution >= 0.6 is 0 Å². The first-order chi connectivity index (χ1) is 9.15. The van der Waals surface area contributed by atoms with Crippen LogP contribution in [0.3, 0.4) is 0 Å². The Balaban J connectivity index is 1.84. The Morgan fingerprint density at radius 1 is 1.05 bits per heavy atom. The van der Waals surface area contributed by atoms with Crippen LogP contribution in [-0.2, 0) is 10.0 Å². The van der Waals surface area contributed by atoms with E-state index in [1.165, 1.54) is 6.07 Å². The van der Waals surface area contributed by atoms with Crippen LogP contribution in [0.1, 0.15) is 25.7 Å². The highest BCUT2D eigenvalue weighted by Crippen LogP contribution is 2.32. The summed E-state index contributed by atoms with van der Waals surface area (Å²) in [5.74, 6) is 1.10. The molecule has 0 atom stereocenters. The maximum Gasteiger partial charge on any atom is 0.240 e. The quantitative estimate of drug-likeness (QED) is 0.916. The number of nitrogens with one attached hydrogen (secondary N) is 1. The van der Waals surface area contributed by atoms with E-state index in [1.54, 1.807) is 12.1 Å². The zero-order chi connectivity index (χ0) is 13.3. The van der Waals surface area contributed by atoms with Crippen molar-refractivity contribution in [3.63, 3.8) is 0 Å². The van der Waals surface area contributed by atoms with E-state index in [4.69, 9.17) is 9.47 Å². The third-order valence-electron chi connectivity index (χ3n) is 3.50. The zero-order valence-electron chi connectivity index (χ0n) is 10.6. The topological polar surface area (TPSA) is 64.6 Å². The molecule has 1 aliphatic heterocycles. The molecule has 2 aliphatic rings. The van der Waals surface area contributed by atoms with Crippen LogP contribution in [0.15, 0.2) is 23.1 Å². The number of rotatable bonds is 3. The van der Waals surface area contributed by atoms with Crippen LogP contribution in [-0.4, -0.2) is 27.7 Å². The summed E-state index contributed by atoms with van der Waals surface area (Å²) in [5, 5.41) is 0. The Bertz CT molecular complexity index is 564. The van der Waals surface area contributed by atoms with Crippen LogP contribution in [0, 0.1) is 0 Å². The number of hydrogen-bond acceptors (Lipinski definition) is 4. The molecule has 1 fully saturated rings. The second-order valence-electron chi connectivity index (χ2n) is 4.91. The van der Waals surface area contributed by atoms with Crippen molar-refractivity contribution in [1.82, 2.24) is 4.72 Å². The van der Waals surface area contributed by atoms with E-state index in [9.17, 15) is 8.42 Å². The van der Waals surface area contributed by atoms with Gasteiger partial charge >= 0.3 is 0 Å². The van der Waals surface area contributed by atoms with E-state index in [2.05, 4.69) is 4.72 Å². The standard InChI is InChI=1S/C13H17NO4S/c15-19(16,14-10-3-1-2-4-10)11-5-6-12-13(9-11)18-8-7-17-12/h5-6,9-10,14H,1-4,7-8H2. The Morgan fingerprint density at radius 3 is 2.47 bits per heavy atom. The summed E-state index contributed by atoms with van der Waals surface area (Å²) >= 11 is 0. The van der Waals surface area contributed by atoms with Crippen LogP contribution in [0.2, 0.25) is 0 Å². The van der Waals surface area contributed by atoms with Crippen molar-refractivity contribution in [2.75, 3.05) is 13.2 Å². The van der Waals surface area contributed by atoms with Crippen molar-refractivity contribution in [3.05, 3.63) is 18.2 Å². The summed E-state index contributed by atoms with van der Waals surface area (Å²) in [6.07, 6.45) is 4.02. The number of hydrogen-bond donors (Lipinski definition) is 1. The van der Waals surface area contributed by atoms with Gasteiger partial charge in [-0.2, -0.15) is 0 Å². The highest BCUT2D eigenvalue weighted by molar-refractivity contribution is 7.89. The van der Waals surface area contributed by atoms with Gasteiger partial charge in [-0.05, 0) is 25.0 Å². The van der Waals surface area contributed by atoms with Gasteiger partial charge in [-0.1, -0.05) is 12.8 Å². The van der Waals surface area contributed by atoms with Crippen molar-refractivity contribution < 1.29 is 17.9 Å². The minimum atomic E-state index is -3.46. The van der Waals surface area contributed by atoms with Crippen LogP contribution in [0.25, 0.3) is 0 Å². The fourth-order valence-corrected chi connectivity index (χ4v) is 3.84. The Hall–Kier alpha value is -1.27. The molecule has 0 amide bonds. The van der Waals surface area contributed by atoms with Gasteiger partial charge in [-0.3, -0.25) is 0 Å². The molecule has 1 heterocycles. The lowest BCUT2D eigenvalue weighted by Crippen LogP contribution is -2.32. The first-order valence-corrected chi connectivity index (χ1v) is 8.05. The van der Waals surface area contributed by atoms with E-state index < -0.39 is 10.0 Å².